The highest BCUT2D eigenvalue weighted by atomic mass is 32.1. The van der Waals surface area contributed by atoms with Crippen molar-refractivity contribution in [3.8, 4) is 5.75 Å². The highest BCUT2D eigenvalue weighted by molar-refractivity contribution is 7.80. The zero-order valence-corrected chi connectivity index (χ0v) is 16.3. The van der Waals surface area contributed by atoms with Gasteiger partial charge < -0.3 is 20.3 Å². The molecule has 26 heavy (non-hydrogen) atoms. The lowest BCUT2D eigenvalue weighted by atomic mass is 10.1. The minimum atomic E-state index is 0.137. The van der Waals surface area contributed by atoms with E-state index in [0.29, 0.717) is 11.7 Å². The smallest absolute Gasteiger partial charge is 0.171 e. The first kappa shape index (κ1) is 18.5. The van der Waals surface area contributed by atoms with Crippen molar-refractivity contribution < 1.29 is 4.74 Å². The van der Waals surface area contributed by atoms with Crippen LogP contribution in [0.1, 0.15) is 38.3 Å². The Morgan fingerprint density at radius 1 is 1.15 bits per heavy atom. The van der Waals surface area contributed by atoms with Gasteiger partial charge in [-0.15, -0.1) is 0 Å². The van der Waals surface area contributed by atoms with Crippen LogP contribution in [0, 0.1) is 0 Å². The van der Waals surface area contributed by atoms with Crippen LogP contribution in [0.25, 0.3) is 0 Å². The molecule has 0 aromatic heterocycles. The summed E-state index contributed by atoms with van der Waals surface area (Å²) in [5.74, 6) is 0.839. The molecular formula is C21H27N3OS. The standard InChI is InChI=1S/C21H27N3OS/c1-3-25-20-8-6-7-18(15-20)23-21(26)22-16(2)17-9-11-19(12-10-17)24-13-4-5-14-24/h6-12,15-16H,3-5,13-14H2,1-2H3,(H2,22,23,26)/t16-/m1/s1. The fourth-order valence-corrected chi connectivity index (χ4v) is 3.52. The van der Waals surface area contributed by atoms with Crippen molar-refractivity contribution in [3.63, 3.8) is 0 Å². The second-order valence-electron chi connectivity index (χ2n) is 6.57. The molecule has 0 bridgehead atoms. The lowest BCUT2D eigenvalue weighted by molar-refractivity contribution is 0.340. The maximum absolute atomic E-state index is 5.52. The van der Waals surface area contributed by atoms with Gasteiger partial charge >= 0.3 is 0 Å². The van der Waals surface area contributed by atoms with Crippen LogP contribution >= 0.6 is 12.2 Å². The molecule has 5 heteroatoms. The average Bonchev–Trinajstić information content (AvgIpc) is 3.17. The molecule has 0 unspecified atom stereocenters. The molecule has 2 aromatic rings. The molecule has 0 spiro atoms. The normalized spacial score (nSPS) is 14.8. The number of hydrogen-bond acceptors (Lipinski definition) is 3. The molecular weight excluding hydrogens is 342 g/mol. The van der Waals surface area contributed by atoms with Crippen LogP contribution in [-0.4, -0.2) is 24.8 Å². The van der Waals surface area contributed by atoms with Gasteiger partial charge in [-0.1, -0.05) is 18.2 Å². The van der Waals surface area contributed by atoms with Gasteiger partial charge in [0.1, 0.15) is 5.75 Å². The summed E-state index contributed by atoms with van der Waals surface area (Å²) in [6.45, 7) is 7.08. The molecule has 0 aliphatic carbocycles. The van der Waals surface area contributed by atoms with E-state index in [-0.39, 0.29) is 6.04 Å². The monoisotopic (exact) mass is 369 g/mol. The third kappa shape index (κ3) is 4.88. The summed E-state index contributed by atoms with van der Waals surface area (Å²) < 4.78 is 5.52. The zero-order chi connectivity index (χ0) is 18.4. The second-order valence-corrected chi connectivity index (χ2v) is 6.97. The SMILES string of the molecule is CCOc1cccc(NC(=S)N[C@H](C)c2ccc(N3CCCC3)cc2)c1. The van der Waals surface area contributed by atoms with Crippen LogP contribution < -0.4 is 20.3 Å². The van der Waals surface area contributed by atoms with Crippen molar-refractivity contribution in [1.82, 2.24) is 5.32 Å². The Morgan fingerprint density at radius 3 is 2.58 bits per heavy atom. The Kier molecular flexibility index (Phi) is 6.34. The predicted molar refractivity (Wildman–Crippen MR) is 113 cm³/mol. The van der Waals surface area contributed by atoms with Crippen molar-refractivity contribution in [2.45, 2.75) is 32.7 Å². The fourth-order valence-electron chi connectivity index (χ4n) is 3.23. The minimum absolute atomic E-state index is 0.137. The zero-order valence-electron chi connectivity index (χ0n) is 15.5. The molecule has 4 nitrogen and oxygen atoms in total. The van der Waals surface area contributed by atoms with E-state index in [1.54, 1.807) is 0 Å². The van der Waals surface area contributed by atoms with Gasteiger partial charge in [-0.05, 0) is 68.7 Å². The number of hydrogen-bond donors (Lipinski definition) is 2. The van der Waals surface area contributed by atoms with Gasteiger partial charge in [0, 0.05) is 30.5 Å². The van der Waals surface area contributed by atoms with Crippen molar-refractivity contribution in [2.75, 3.05) is 29.9 Å². The fraction of sp³-hybridized carbons (Fsp3) is 0.381. The van der Waals surface area contributed by atoms with Gasteiger partial charge in [0.05, 0.1) is 12.6 Å². The van der Waals surface area contributed by atoms with E-state index in [1.807, 2.05) is 31.2 Å². The molecule has 1 heterocycles. The van der Waals surface area contributed by atoms with Crippen molar-refractivity contribution in [1.29, 1.82) is 0 Å². The van der Waals surface area contributed by atoms with E-state index in [1.165, 1.54) is 37.2 Å². The Morgan fingerprint density at radius 2 is 1.88 bits per heavy atom. The van der Waals surface area contributed by atoms with Gasteiger partial charge in [-0.2, -0.15) is 0 Å². The van der Waals surface area contributed by atoms with E-state index in [9.17, 15) is 0 Å². The van der Waals surface area contributed by atoms with Crippen molar-refractivity contribution in [2.24, 2.45) is 0 Å². The van der Waals surface area contributed by atoms with Gasteiger partial charge in [0.2, 0.25) is 0 Å². The van der Waals surface area contributed by atoms with Crippen LogP contribution in [0.15, 0.2) is 48.5 Å². The van der Waals surface area contributed by atoms with E-state index >= 15 is 0 Å². The predicted octanol–water partition coefficient (Wildman–Crippen LogP) is 4.73. The third-order valence-electron chi connectivity index (χ3n) is 4.61. The molecule has 2 N–H and O–H groups in total. The highest BCUT2D eigenvalue weighted by Crippen LogP contribution is 2.23. The molecule has 0 radical (unpaired) electrons. The molecule has 0 saturated carbocycles. The largest absolute Gasteiger partial charge is 0.494 e. The molecule has 2 aromatic carbocycles. The lowest BCUT2D eigenvalue weighted by Gasteiger charge is -2.20. The first-order chi connectivity index (χ1) is 12.7. The van der Waals surface area contributed by atoms with Crippen molar-refractivity contribution in [3.05, 3.63) is 54.1 Å². The Bertz CT molecular complexity index is 726. The first-order valence-electron chi connectivity index (χ1n) is 9.31. The van der Waals surface area contributed by atoms with Crippen LogP contribution in [0.2, 0.25) is 0 Å². The molecule has 1 aliphatic rings. The number of ether oxygens (including phenoxy) is 1. The summed E-state index contributed by atoms with van der Waals surface area (Å²) >= 11 is 5.46. The number of thiocarbonyl (C=S) groups is 1. The summed E-state index contributed by atoms with van der Waals surface area (Å²) in [4.78, 5) is 2.44. The highest BCUT2D eigenvalue weighted by Gasteiger charge is 2.13. The first-order valence-corrected chi connectivity index (χ1v) is 9.72. The number of anilines is 2. The van der Waals surface area contributed by atoms with Gasteiger partial charge in [-0.3, -0.25) is 0 Å². The van der Waals surface area contributed by atoms with E-state index in [0.717, 1.165) is 11.4 Å². The van der Waals surface area contributed by atoms with Crippen molar-refractivity contribution >= 4 is 28.7 Å². The van der Waals surface area contributed by atoms with Gasteiger partial charge in [0.25, 0.3) is 0 Å². The average molecular weight is 370 g/mol. The third-order valence-corrected chi connectivity index (χ3v) is 4.83. The molecule has 138 valence electrons. The molecule has 3 rings (SSSR count). The minimum Gasteiger partial charge on any atom is -0.494 e. The van der Waals surface area contributed by atoms with Gasteiger partial charge in [-0.25, -0.2) is 0 Å². The second kappa shape index (κ2) is 8.90. The Labute approximate surface area is 161 Å². The quantitative estimate of drug-likeness (QED) is 0.720. The summed E-state index contributed by atoms with van der Waals surface area (Å²) in [6, 6.07) is 16.7. The number of nitrogens with zero attached hydrogens (tertiary/aromatic N) is 1. The molecule has 1 atom stereocenters. The molecule has 0 amide bonds. The lowest BCUT2D eigenvalue weighted by Crippen LogP contribution is -2.30. The molecule has 1 fully saturated rings. The number of rotatable bonds is 6. The van der Waals surface area contributed by atoms with E-state index in [2.05, 4.69) is 46.7 Å². The number of nitrogens with one attached hydrogen (secondary N) is 2. The van der Waals surface area contributed by atoms with Gasteiger partial charge in [0.15, 0.2) is 5.11 Å². The summed E-state index contributed by atoms with van der Waals surface area (Å²) in [5, 5.41) is 7.19. The van der Waals surface area contributed by atoms with Crippen LogP contribution in [0.5, 0.6) is 5.75 Å². The maximum Gasteiger partial charge on any atom is 0.171 e. The summed E-state index contributed by atoms with van der Waals surface area (Å²) in [5.41, 5.74) is 3.46. The Hall–Kier alpha value is -2.27. The maximum atomic E-state index is 5.52. The number of benzene rings is 2. The summed E-state index contributed by atoms with van der Waals surface area (Å²) in [7, 11) is 0. The van der Waals surface area contributed by atoms with E-state index < -0.39 is 0 Å². The molecule has 1 saturated heterocycles. The topological polar surface area (TPSA) is 36.5 Å². The van der Waals surface area contributed by atoms with Crippen LogP contribution in [0.3, 0.4) is 0 Å². The summed E-state index contributed by atoms with van der Waals surface area (Å²) in [6.07, 6.45) is 2.59. The van der Waals surface area contributed by atoms with E-state index in [4.69, 9.17) is 17.0 Å². The van der Waals surface area contributed by atoms with Crippen LogP contribution in [-0.2, 0) is 0 Å². The Balaban J connectivity index is 1.56. The molecule has 1 aliphatic heterocycles. The van der Waals surface area contributed by atoms with Crippen LogP contribution in [0.4, 0.5) is 11.4 Å².